The van der Waals surface area contributed by atoms with E-state index in [-0.39, 0.29) is 5.69 Å². The van der Waals surface area contributed by atoms with Gasteiger partial charge in [0.1, 0.15) is 5.69 Å². The van der Waals surface area contributed by atoms with Crippen LogP contribution in [0.15, 0.2) is 30.5 Å². The zero-order chi connectivity index (χ0) is 11.7. The smallest absolute Gasteiger partial charge is 0.269 e. The first kappa shape index (κ1) is 11.0. The molecule has 0 radical (unpaired) electrons. The van der Waals surface area contributed by atoms with Gasteiger partial charge < -0.3 is 5.73 Å². The topological polar surface area (TPSA) is 60.9 Å². The number of nitrogens with zero attached hydrogens (tertiary/aromatic N) is 2. The summed E-state index contributed by atoms with van der Waals surface area (Å²) in [6.45, 7) is 0. The Bertz CT molecular complexity index is 551. The van der Waals surface area contributed by atoms with E-state index in [4.69, 9.17) is 28.9 Å². The maximum Gasteiger partial charge on any atom is 0.269 e. The van der Waals surface area contributed by atoms with Gasteiger partial charge in [-0.15, -0.1) is 0 Å². The molecule has 1 heterocycles. The van der Waals surface area contributed by atoms with E-state index in [0.717, 1.165) is 0 Å². The Labute approximate surface area is 102 Å². The Morgan fingerprint density at radius 1 is 1.25 bits per heavy atom. The Hall–Kier alpha value is -1.52. The van der Waals surface area contributed by atoms with E-state index in [0.29, 0.717) is 15.7 Å². The van der Waals surface area contributed by atoms with Gasteiger partial charge in [-0.05, 0) is 24.3 Å². The molecule has 6 heteroatoms. The normalized spacial score (nSPS) is 10.4. The van der Waals surface area contributed by atoms with E-state index in [1.165, 1.54) is 10.7 Å². The third-order valence-electron chi connectivity index (χ3n) is 2.01. The predicted molar refractivity (Wildman–Crippen MR) is 62.1 cm³/mol. The lowest BCUT2D eigenvalue weighted by Gasteiger charge is -2.02. The lowest BCUT2D eigenvalue weighted by molar-refractivity contribution is 0.0995. The van der Waals surface area contributed by atoms with Gasteiger partial charge in [0, 0.05) is 6.20 Å². The van der Waals surface area contributed by atoms with Crippen LogP contribution in [-0.4, -0.2) is 15.7 Å². The molecule has 0 aliphatic carbocycles. The number of carbonyl (C=O) groups excluding carboxylic acids is 1. The van der Waals surface area contributed by atoms with E-state index in [1.54, 1.807) is 24.4 Å². The van der Waals surface area contributed by atoms with Crippen molar-refractivity contribution in [2.24, 2.45) is 5.73 Å². The van der Waals surface area contributed by atoms with Crippen molar-refractivity contribution < 1.29 is 4.79 Å². The highest BCUT2D eigenvalue weighted by atomic mass is 35.5. The molecule has 1 aromatic carbocycles. The van der Waals surface area contributed by atoms with Gasteiger partial charge >= 0.3 is 0 Å². The Balaban J connectivity index is 2.42. The molecule has 1 aromatic heterocycles. The van der Waals surface area contributed by atoms with Gasteiger partial charge in [-0.2, -0.15) is 5.10 Å². The number of amides is 1. The fourth-order valence-electron chi connectivity index (χ4n) is 1.23. The Kier molecular flexibility index (Phi) is 2.85. The molecule has 0 saturated carbocycles. The lowest BCUT2D eigenvalue weighted by atomic mass is 10.3. The van der Waals surface area contributed by atoms with Crippen LogP contribution >= 0.6 is 23.2 Å². The number of benzene rings is 1. The van der Waals surface area contributed by atoms with Crippen LogP contribution in [0.4, 0.5) is 0 Å². The monoisotopic (exact) mass is 255 g/mol. The van der Waals surface area contributed by atoms with Crippen molar-refractivity contribution in [3.8, 4) is 5.69 Å². The fourth-order valence-corrected chi connectivity index (χ4v) is 1.52. The number of hydrogen-bond acceptors (Lipinski definition) is 2. The van der Waals surface area contributed by atoms with Gasteiger partial charge in [-0.25, -0.2) is 4.68 Å². The van der Waals surface area contributed by atoms with Crippen molar-refractivity contribution in [1.29, 1.82) is 0 Å². The molecule has 0 unspecified atom stereocenters. The summed E-state index contributed by atoms with van der Waals surface area (Å²) in [6, 6.07) is 6.59. The molecule has 0 aliphatic rings. The maximum atomic E-state index is 10.9. The molecular weight excluding hydrogens is 249 g/mol. The maximum absolute atomic E-state index is 10.9. The van der Waals surface area contributed by atoms with E-state index in [9.17, 15) is 4.79 Å². The summed E-state index contributed by atoms with van der Waals surface area (Å²) in [6.07, 6.45) is 1.62. The van der Waals surface area contributed by atoms with Gasteiger partial charge in [0.2, 0.25) is 0 Å². The molecule has 4 nitrogen and oxygen atoms in total. The van der Waals surface area contributed by atoms with Gasteiger partial charge in [0.15, 0.2) is 0 Å². The number of primary amides is 1. The van der Waals surface area contributed by atoms with Crippen LogP contribution in [0.25, 0.3) is 5.69 Å². The first-order valence-corrected chi connectivity index (χ1v) is 5.14. The van der Waals surface area contributed by atoms with Crippen molar-refractivity contribution in [2.75, 3.05) is 0 Å². The number of hydrogen-bond donors (Lipinski definition) is 1. The van der Waals surface area contributed by atoms with Crippen LogP contribution in [0.5, 0.6) is 0 Å². The number of halogens is 2. The number of rotatable bonds is 2. The van der Waals surface area contributed by atoms with E-state index in [1.807, 2.05) is 0 Å². The Morgan fingerprint density at radius 2 is 2.00 bits per heavy atom. The molecular formula is C10H7Cl2N3O. The molecule has 2 N–H and O–H groups in total. The summed E-state index contributed by atoms with van der Waals surface area (Å²) in [7, 11) is 0. The molecule has 16 heavy (non-hydrogen) atoms. The number of aromatic nitrogens is 2. The predicted octanol–water partition coefficient (Wildman–Crippen LogP) is 2.28. The van der Waals surface area contributed by atoms with Crippen molar-refractivity contribution in [3.63, 3.8) is 0 Å². The van der Waals surface area contributed by atoms with Crippen LogP contribution in [-0.2, 0) is 0 Å². The standard InChI is InChI=1S/C10H7Cl2N3O/c11-7-2-1-6(5-8(7)12)15-4-3-9(14-15)10(13)16/h1-5H,(H2,13,16). The summed E-state index contributed by atoms with van der Waals surface area (Å²) < 4.78 is 1.50. The first-order chi connectivity index (χ1) is 7.58. The van der Waals surface area contributed by atoms with E-state index < -0.39 is 5.91 Å². The molecule has 0 saturated heterocycles. The van der Waals surface area contributed by atoms with Crippen LogP contribution in [0.3, 0.4) is 0 Å². The summed E-state index contributed by atoms with van der Waals surface area (Å²) in [5.41, 5.74) is 6.01. The Morgan fingerprint density at radius 3 is 2.56 bits per heavy atom. The largest absolute Gasteiger partial charge is 0.364 e. The molecule has 0 aliphatic heterocycles. The quantitative estimate of drug-likeness (QED) is 0.895. The van der Waals surface area contributed by atoms with E-state index in [2.05, 4.69) is 5.10 Å². The zero-order valence-electron chi connectivity index (χ0n) is 8.02. The second-order valence-electron chi connectivity index (χ2n) is 3.11. The number of carbonyl (C=O) groups is 1. The van der Waals surface area contributed by atoms with Gasteiger partial charge in [-0.1, -0.05) is 23.2 Å². The molecule has 1 amide bonds. The van der Waals surface area contributed by atoms with Crippen molar-refractivity contribution in [3.05, 3.63) is 46.2 Å². The highest BCUT2D eigenvalue weighted by molar-refractivity contribution is 6.42. The van der Waals surface area contributed by atoms with Crippen LogP contribution in [0.2, 0.25) is 10.0 Å². The minimum Gasteiger partial charge on any atom is -0.364 e. The molecule has 0 spiro atoms. The van der Waals surface area contributed by atoms with E-state index >= 15 is 0 Å². The molecule has 2 aromatic rings. The average molecular weight is 256 g/mol. The lowest BCUT2D eigenvalue weighted by Crippen LogP contribution is -2.12. The third-order valence-corrected chi connectivity index (χ3v) is 2.75. The third kappa shape index (κ3) is 2.03. The molecule has 0 atom stereocenters. The minimum absolute atomic E-state index is 0.200. The average Bonchev–Trinajstić information content (AvgIpc) is 2.71. The SMILES string of the molecule is NC(=O)c1ccn(-c2ccc(Cl)c(Cl)c2)n1. The van der Waals surface area contributed by atoms with Crippen molar-refractivity contribution >= 4 is 29.1 Å². The fraction of sp³-hybridized carbons (Fsp3) is 0. The highest BCUT2D eigenvalue weighted by Gasteiger charge is 2.07. The van der Waals surface area contributed by atoms with Crippen molar-refractivity contribution in [2.45, 2.75) is 0 Å². The molecule has 82 valence electrons. The minimum atomic E-state index is -0.571. The van der Waals surface area contributed by atoms with Gasteiger partial charge in [0.25, 0.3) is 5.91 Å². The van der Waals surface area contributed by atoms with Crippen LogP contribution in [0.1, 0.15) is 10.5 Å². The summed E-state index contributed by atoms with van der Waals surface area (Å²) in [5.74, 6) is -0.571. The molecule has 2 rings (SSSR count). The summed E-state index contributed by atoms with van der Waals surface area (Å²) >= 11 is 11.7. The summed E-state index contributed by atoms with van der Waals surface area (Å²) in [5, 5.41) is 4.88. The molecule has 0 bridgehead atoms. The second kappa shape index (κ2) is 4.15. The van der Waals surface area contributed by atoms with Gasteiger partial charge in [-0.3, -0.25) is 4.79 Å². The highest BCUT2D eigenvalue weighted by Crippen LogP contribution is 2.24. The zero-order valence-corrected chi connectivity index (χ0v) is 9.53. The number of nitrogens with two attached hydrogens (primary N) is 1. The first-order valence-electron chi connectivity index (χ1n) is 4.39. The van der Waals surface area contributed by atoms with Gasteiger partial charge in [0.05, 0.1) is 15.7 Å². The summed E-state index contributed by atoms with van der Waals surface area (Å²) in [4.78, 5) is 10.9. The van der Waals surface area contributed by atoms with Crippen LogP contribution < -0.4 is 5.73 Å². The van der Waals surface area contributed by atoms with Crippen LogP contribution in [0, 0.1) is 0 Å². The molecule has 0 fully saturated rings. The van der Waals surface area contributed by atoms with Crippen molar-refractivity contribution in [1.82, 2.24) is 9.78 Å². The second-order valence-corrected chi connectivity index (χ2v) is 3.92.